The first kappa shape index (κ1) is 106. The Balaban J connectivity index is 5.25. The molecule has 0 fully saturated rings. The van der Waals surface area contributed by atoms with E-state index in [2.05, 4.69) is 27.7 Å². The van der Waals surface area contributed by atoms with Crippen LogP contribution in [0, 0.1) is 0 Å². The van der Waals surface area contributed by atoms with Crippen LogP contribution in [0.2, 0.25) is 0 Å². The highest BCUT2D eigenvalue weighted by Gasteiger charge is 2.30. The van der Waals surface area contributed by atoms with Crippen molar-refractivity contribution in [2.24, 2.45) is 0 Å². The van der Waals surface area contributed by atoms with Crippen molar-refractivity contribution in [1.82, 2.24) is 0 Å². The largest absolute Gasteiger partial charge is 0.472 e. The lowest BCUT2D eigenvalue weighted by molar-refractivity contribution is -0.161. The van der Waals surface area contributed by atoms with Gasteiger partial charge in [-0.05, 0) is 25.7 Å². The quantitative estimate of drug-likeness (QED) is 0.0222. The average Bonchev–Trinajstić information content (AvgIpc) is 0.902. The molecule has 0 radical (unpaired) electrons. The number of aliphatic hydroxyl groups excluding tert-OH is 1. The number of hydrogen-bond donors (Lipinski definition) is 3. The third-order valence-electron chi connectivity index (χ3n) is 21.1. The van der Waals surface area contributed by atoms with Crippen LogP contribution < -0.4 is 0 Å². The van der Waals surface area contributed by atoms with Crippen LogP contribution in [-0.4, -0.2) is 96.7 Å². The fraction of sp³-hybridized carbons (Fsp3) is 0.955. The van der Waals surface area contributed by atoms with Gasteiger partial charge in [-0.25, -0.2) is 9.13 Å². The maximum absolute atomic E-state index is 13.2. The fourth-order valence-corrected chi connectivity index (χ4v) is 15.6. The van der Waals surface area contributed by atoms with Crippen LogP contribution in [0.5, 0.6) is 0 Å². The molecule has 0 aromatic rings. The van der Waals surface area contributed by atoms with Gasteiger partial charge in [0.25, 0.3) is 0 Å². The number of carbonyl (C=O) groups is 4. The van der Waals surface area contributed by atoms with Gasteiger partial charge in [-0.3, -0.25) is 37.3 Å². The zero-order valence-corrected chi connectivity index (χ0v) is 72.6. The Kier molecular flexibility index (Phi) is 81.5. The van der Waals surface area contributed by atoms with Crippen molar-refractivity contribution in [3.8, 4) is 0 Å². The first-order valence-corrected chi connectivity index (χ1v) is 49.3. The molecule has 0 bridgehead atoms. The van der Waals surface area contributed by atoms with E-state index in [1.165, 1.54) is 321 Å². The van der Waals surface area contributed by atoms with E-state index in [-0.39, 0.29) is 25.7 Å². The molecule has 0 aliphatic carbocycles. The van der Waals surface area contributed by atoms with Crippen LogP contribution in [0.25, 0.3) is 0 Å². The Morgan fingerprint density at radius 2 is 0.370 bits per heavy atom. The number of rotatable bonds is 90. The lowest BCUT2D eigenvalue weighted by atomic mass is 10.0. The molecule has 0 spiro atoms. The van der Waals surface area contributed by atoms with Gasteiger partial charge in [0.05, 0.1) is 26.4 Å². The molecule has 0 aliphatic rings. The van der Waals surface area contributed by atoms with Gasteiger partial charge in [0, 0.05) is 25.7 Å². The summed E-state index contributed by atoms with van der Waals surface area (Å²) in [6, 6.07) is 0. The zero-order chi connectivity index (χ0) is 78.9. The molecule has 3 N–H and O–H groups in total. The summed E-state index contributed by atoms with van der Waals surface area (Å²) in [7, 11) is -9.93. The molecule has 5 atom stereocenters. The maximum Gasteiger partial charge on any atom is 0.472 e. The molecule has 0 rings (SSSR count). The first-order chi connectivity index (χ1) is 52.7. The van der Waals surface area contributed by atoms with Crippen molar-refractivity contribution >= 4 is 39.5 Å². The summed E-state index contributed by atoms with van der Waals surface area (Å²) in [4.78, 5) is 73.4. The van der Waals surface area contributed by atoms with Crippen LogP contribution in [0.1, 0.15) is 490 Å². The van der Waals surface area contributed by atoms with Crippen molar-refractivity contribution in [3.05, 3.63) is 0 Å². The molecule has 2 unspecified atom stereocenters. The van der Waals surface area contributed by atoms with Gasteiger partial charge in [0.2, 0.25) is 0 Å². The van der Waals surface area contributed by atoms with E-state index < -0.39 is 97.5 Å². The third kappa shape index (κ3) is 82.1. The molecular weight excluding hydrogens is 1400 g/mol. The second kappa shape index (κ2) is 83.0. The molecule has 17 nitrogen and oxygen atoms in total. The van der Waals surface area contributed by atoms with E-state index in [1.807, 2.05) is 0 Å². The van der Waals surface area contributed by atoms with E-state index in [4.69, 9.17) is 37.0 Å². The summed E-state index contributed by atoms with van der Waals surface area (Å²) >= 11 is 0. The molecule has 642 valence electrons. The molecule has 0 saturated carbocycles. The van der Waals surface area contributed by atoms with E-state index >= 15 is 0 Å². The molecule has 0 amide bonds. The summed E-state index contributed by atoms with van der Waals surface area (Å²) in [5.41, 5.74) is 0. The summed E-state index contributed by atoms with van der Waals surface area (Å²) in [6.07, 6.45) is 79.1. The summed E-state index contributed by atoms with van der Waals surface area (Å²) in [5.74, 6) is -2.09. The first-order valence-electron chi connectivity index (χ1n) is 46.3. The number of phosphoric acid groups is 2. The van der Waals surface area contributed by atoms with E-state index in [0.717, 1.165) is 89.9 Å². The molecule has 0 aromatic carbocycles. The maximum atomic E-state index is 13.2. The molecule has 19 heteroatoms. The second-order valence-corrected chi connectivity index (χ2v) is 34.9. The van der Waals surface area contributed by atoms with Crippen molar-refractivity contribution in [3.63, 3.8) is 0 Å². The smallest absolute Gasteiger partial charge is 0.462 e. The Bertz CT molecular complexity index is 2030. The number of carbonyl (C=O) groups excluding carboxylic acids is 4. The van der Waals surface area contributed by atoms with Crippen LogP contribution in [0.4, 0.5) is 0 Å². The monoisotopic (exact) mass is 1580 g/mol. The number of aliphatic hydroxyl groups is 1. The van der Waals surface area contributed by atoms with Gasteiger partial charge in [0.15, 0.2) is 12.2 Å². The molecule has 0 saturated heterocycles. The van der Waals surface area contributed by atoms with Gasteiger partial charge in [0.1, 0.15) is 19.3 Å². The standard InChI is InChI=1S/C89H174O17P2/c1-5-9-13-17-21-25-29-33-36-39-42-45-47-50-54-58-62-66-70-74-87(92)100-80-85(106-89(94)76-72-68-64-60-56-52-49-46-43-40-37-34-30-26-22-18-14-10-6-2)82-104-108(97,98)102-78-83(90)77-101-107(95,96)103-81-84(79-99-86(91)73-69-65-61-57-53-32-28-24-20-16-12-8-4)105-88(93)75-71-67-63-59-55-51-48-44-41-38-35-31-27-23-19-15-11-7-3/h83-85,90H,5-82H2,1-4H3,(H,95,96)(H,97,98)/t83-,84+,85+/m0/s1. The molecular formula is C89H174O17P2. The molecule has 108 heavy (non-hydrogen) atoms. The topological polar surface area (TPSA) is 237 Å². The van der Waals surface area contributed by atoms with Gasteiger partial charge >= 0.3 is 39.5 Å². The highest BCUT2D eigenvalue weighted by Crippen LogP contribution is 2.45. The summed E-state index contributed by atoms with van der Waals surface area (Å²) in [6.45, 7) is 5.08. The predicted molar refractivity (Wildman–Crippen MR) is 446 cm³/mol. The Morgan fingerprint density at radius 3 is 0.546 bits per heavy atom. The normalized spacial score (nSPS) is 13.7. The average molecular weight is 1580 g/mol. The van der Waals surface area contributed by atoms with Gasteiger partial charge in [-0.1, -0.05) is 439 Å². The van der Waals surface area contributed by atoms with E-state index in [9.17, 15) is 43.2 Å². The number of ether oxygens (including phenoxy) is 4. The minimum absolute atomic E-state index is 0.110. The summed E-state index contributed by atoms with van der Waals surface area (Å²) < 4.78 is 69.0. The Hall–Kier alpha value is -1.94. The van der Waals surface area contributed by atoms with Crippen LogP contribution in [-0.2, 0) is 65.4 Å². The number of phosphoric ester groups is 2. The Labute approximate surface area is 664 Å². The zero-order valence-electron chi connectivity index (χ0n) is 70.8. The van der Waals surface area contributed by atoms with Crippen LogP contribution in [0.3, 0.4) is 0 Å². The van der Waals surface area contributed by atoms with Crippen molar-refractivity contribution in [1.29, 1.82) is 0 Å². The molecule has 0 heterocycles. The second-order valence-electron chi connectivity index (χ2n) is 32.0. The predicted octanol–water partition coefficient (Wildman–Crippen LogP) is 27.7. The minimum atomic E-state index is -4.97. The molecule has 0 aromatic heterocycles. The summed E-state index contributed by atoms with van der Waals surface area (Å²) in [5, 5.41) is 10.7. The lowest BCUT2D eigenvalue weighted by Gasteiger charge is -2.21. The van der Waals surface area contributed by atoms with Crippen molar-refractivity contribution in [2.75, 3.05) is 39.6 Å². The van der Waals surface area contributed by atoms with Crippen molar-refractivity contribution < 1.29 is 80.2 Å². The highest BCUT2D eigenvalue weighted by molar-refractivity contribution is 7.47. The Morgan fingerprint density at radius 1 is 0.222 bits per heavy atom. The molecule has 0 aliphatic heterocycles. The lowest BCUT2D eigenvalue weighted by Crippen LogP contribution is -2.30. The van der Waals surface area contributed by atoms with Gasteiger partial charge < -0.3 is 33.8 Å². The third-order valence-corrected chi connectivity index (χ3v) is 23.0. The van der Waals surface area contributed by atoms with E-state index in [0.29, 0.717) is 25.7 Å². The number of unbranched alkanes of at least 4 members (excludes halogenated alkanes) is 64. The van der Waals surface area contributed by atoms with Crippen molar-refractivity contribution in [2.45, 2.75) is 508 Å². The fourth-order valence-electron chi connectivity index (χ4n) is 14.1. The van der Waals surface area contributed by atoms with Gasteiger partial charge in [-0.15, -0.1) is 0 Å². The van der Waals surface area contributed by atoms with E-state index in [1.54, 1.807) is 0 Å². The van der Waals surface area contributed by atoms with Crippen LogP contribution in [0.15, 0.2) is 0 Å². The van der Waals surface area contributed by atoms with Crippen LogP contribution >= 0.6 is 15.6 Å². The minimum Gasteiger partial charge on any atom is -0.462 e. The SMILES string of the molecule is CCCCCCCCCCCCCCCCCCCCCC(=O)OC[C@H](COP(=O)(O)OC[C@@H](O)COP(=O)(O)OC[C@@H](COC(=O)CCCCCCCCCCCCCC)OC(=O)CCCCCCCCCCCCCCCCCCCC)OC(=O)CCCCCCCCCCCCCCCCCCCCC. The van der Waals surface area contributed by atoms with Gasteiger partial charge in [-0.2, -0.15) is 0 Å². The number of esters is 4. The number of hydrogen-bond acceptors (Lipinski definition) is 15. The highest BCUT2D eigenvalue weighted by atomic mass is 31.2.